The average molecular weight is 279 g/mol. The van der Waals surface area contributed by atoms with Crippen molar-refractivity contribution >= 4 is 18.3 Å². The Morgan fingerprint density at radius 1 is 1.44 bits per heavy atom. The Hall–Kier alpha value is -0.320. The molecule has 0 spiro atoms. The molecular weight excluding hydrogens is 252 g/mol. The third-order valence-electron chi connectivity index (χ3n) is 4.21. The zero-order chi connectivity index (χ0) is 12.7. The van der Waals surface area contributed by atoms with Gasteiger partial charge in [0.25, 0.3) is 0 Å². The van der Waals surface area contributed by atoms with Gasteiger partial charge in [-0.1, -0.05) is 13.8 Å². The van der Waals surface area contributed by atoms with Crippen LogP contribution in [-0.4, -0.2) is 37.3 Å². The molecule has 0 aromatic rings. The van der Waals surface area contributed by atoms with Crippen molar-refractivity contribution in [3.63, 3.8) is 0 Å². The molecule has 0 aromatic carbocycles. The number of rotatable bonds is 7. The summed E-state index contributed by atoms with van der Waals surface area (Å²) in [5.74, 6) is 0.301. The number of hydrogen-bond donors (Lipinski definition) is 3. The highest BCUT2D eigenvalue weighted by atomic mass is 35.5. The lowest BCUT2D eigenvalue weighted by Gasteiger charge is -2.31. The second-order valence-electron chi connectivity index (χ2n) is 5.09. The molecule has 108 valence electrons. The molecule has 4 nitrogen and oxygen atoms in total. The summed E-state index contributed by atoms with van der Waals surface area (Å²) in [7, 11) is 0. The molecule has 1 saturated heterocycles. The van der Waals surface area contributed by atoms with Crippen molar-refractivity contribution in [3.8, 4) is 0 Å². The summed E-state index contributed by atoms with van der Waals surface area (Å²) in [4.78, 5) is 11.9. The fourth-order valence-electron chi connectivity index (χ4n) is 2.48. The third kappa shape index (κ3) is 4.75. The Balaban J connectivity index is 0.00000289. The number of nitrogens with one attached hydrogen (secondary N) is 2. The van der Waals surface area contributed by atoms with E-state index in [2.05, 4.69) is 24.5 Å². The lowest BCUT2D eigenvalue weighted by Crippen LogP contribution is -2.40. The first-order chi connectivity index (χ1) is 8.17. The summed E-state index contributed by atoms with van der Waals surface area (Å²) >= 11 is 0. The van der Waals surface area contributed by atoms with E-state index < -0.39 is 0 Å². The van der Waals surface area contributed by atoms with Crippen molar-refractivity contribution in [2.24, 2.45) is 11.3 Å². The molecule has 0 radical (unpaired) electrons. The molecule has 18 heavy (non-hydrogen) atoms. The summed E-state index contributed by atoms with van der Waals surface area (Å²) in [6, 6.07) is 0. The van der Waals surface area contributed by atoms with E-state index in [9.17, 15) is 4.79 Å². The molecule has 3 N–H and O–H groups in total. The topological polar surface area (TPSA) is 61.4 Å². The standard InChI is InChI=1S/C13H26N2O2.ClH/c1-3-13(4-2,6-8-16)10-15-12(17)11-5-7-14-9-11;/h11,14,16H,3-10H2,1-2H3,(H,15,17);1H. The fourth-order valence-corrected chi connectivity index (χ4v) is 2.48. The lowest BCUT2D eigenvalue weighted by molar-refractivity contribution is -0.125. The minimum Gasteiger partial charge on any atom is -0.396 e. The van der Waals surface area contributed by atoms with Crippen molar-refractivity contribution in [3.05, 3.63) is 0 Å². The predicted octanol–water partition coefficient (Wildman–Crippen LogP) is 1.32. The van der Waals surface area contributed by atoms with Gasteiger partial charge in [0.2, 0.25) is 5.91 Å². The van der Waals surface area contributed by atoms with Gasteiger partial charge in [-0.15, -0.1) is 12.4 Å². The van der Waals surface area contributed by atoms with E-state index in [1.807, 2.05) is 0 Å². The second kappa shape index (κ2) is 8.73. The van der Waals surface area contributed by atoms with Crippen molar-refractivity contribution in [2.45, 2.75) is 39.5 Å². The summed E-state index contributed by atoms with van der Waals surface area (Å²) in [5, 5.41) is 15.4. The first-order valence-electron chi connectivity index (χ1n) is 6.76. The van der Waals surface area contributed by atoms with Crippen LogP contribution < -0.4 is 10.6 Å². The third-order valence-corrected chi connectivity index (χ3v) is 4.21. The molecule has 1 heterocycles. The minimum absolute atomic E-state index is 0. The number of carbonyl (C=O) groups is 1. The van der Waals surface area contributed by atoms with Gasteiger partial charge in [0.1, 0.15) is 0 Å². The SMILES string of the molecule is CCC(CC)(CCO)CNC(=O)C1CCNC1.Cl. The highest BCUT2D eigenvalue weighted by Gasteiger charge is 2.28. The summed E-state index contributed by atoms with van der Waals surface area (Å²) in [5.41, 5.74) is 0.0659. The van der Waals surface area contributed by atoms with Crippen molar-refractivity contribution in [2.75, 3.05) is 26.2 Å². The van der Waals surface area contributed by atoms with Crippen molar-refractivity contribution in [1.82, 2.24) is 10.6 Å². The Morgan fingerprint density at radius 2 is 2.11 bits per heavy atom. The first kappa shape index (κ1) is 17.7. The molecule has 1 unspecified atom stereocenters. The Morgan fingerprint density at radius 3 is 2.56 bits per heavy atom. The molecule has 0 aliphatic carbocycles. The number of hydrogen-bond acceptors (Lipinski definition) is 3. The highest BCUT2D eigenvalue weighted by Crippen LogP contribution is 2.29. The monoisotopic (exact) mass is 278 g/mol. The first-order valence-corrected chi connectivity index (χ1v) is 6.76. The number of carbonyl (C=O) groups excluding carboxylic acids is 1. The largest absolute Gasteiger partial charge is 0.396 e. The minimum atomic E-state index is 0. The maximum Gasteiger partial charge on any atom is 0.224 e. The Kier molecular flexibility index (Phi) is 8.57. The van der Waals surface area contributed by atoms with Crippen LogP contribution in [-0.2, 0) is 4.79 Å². The Bertz CT molecular complexity index is 239. The molecule has 0 aromatic heterocycles. The molecular formula is C13H27ClN2O2. The molecule has 1 aliphatic rings. The van der Waals surface area contributed by atoms with Gasteiger partial charge in [0.15, 0.2) is 0 Å². The van der Waals surface area contributed by atoms with Crippen LogP contribution in [0.5, 0.6) is 0 Å². The van der Waals surface area contributed by atoms with Crippen LogP contribution in [0.3, 0.4) is 0 Å². The number of amides is 1. The number of halogens is 1. The fraction of sp³-hybridized carbons (Fsp3) is 0.923. The van der Waals surface area contributed by atoms with E-state index in [1.54, 1.807) is 0 Å². The maximum absolute atomic E-state index is 11.9. The lowest BCUT2D eigenvalue weighted by atomic mass is 9.79. The normalized spacial score (nSPS) is 19.4. The van der Waals surface area contributed by atoms with Gasteiger partial charge >= 0.3 is 0 Å². The van der Waals surface area contributed by atoms with Crippen LogP contribution in [0.4, 0.5) is 0 Å². The molecule has 1 atom stereocenters. The van der Waals surface area contributed by atoms with Crippen LogP contribution in [0.25, 0.3) is 0 Å². The van der Waals surface area contributed by atoms with Gasteiger partial charge in [0.05, 0.1) is 5.92 Å². The van der Waals surface area contributed by atoms with Crippen molar-refractivity contribution < 1.29 is 9.90 Å². The van der Waals surface area contributed by atoms with Gasteiger partial charge in [-0.2, -0.15) is 0 Å². The molecule has 5 heteroatoms. The van der Waals surface area contributed by atoms with Crippen molar-refractivity contribution in [1.29, 1.82) is 0 Å². The maximum atomic E-state index is 11.9. The van der Waals surface area contributed by atoms with E-state index in [1.165, 1.54) is 0 Å². The van der Waals surface area contributed by atoms with E-state index in [0.29, 0.717) is 6.54 Å². The molecule has 0 saturated carbocycles. The van der Waals surface area contributed by atoms with Crippen LogP contribution in [0.2, 0.25) is 0 Å². The van der Waals surface area contributed by atoms with Crippen LogP contribution in [0.15, 0.2) is 0 Å². The van der Waals surface area contributed by atoms with Gasteiger partial charge < -0.3 is 15.7 Å². The zero-order valence-electron chi connectivity index (χ0n) is 11.5. The smallest absolute Gasteiger partial charge is 0.224 e. The summed E-state index contributed by atoms with van der Waals surface area (Å²) in [6.07, 6.45) is 3.70. The summed E-state index contributed by atoms with van der Waals surface area (Å²) in [6.45, 7) is 6.89. The van der Waals surface area contributed by atoms with E-state index in [0.717, 1.165) is 38.8 Å². The van der Waals surface area contributed by atoms with Gasteiger partial charge in [-0.3, -0.25) is 4.79 Å². The van der Waals surface area contributed by atoms with E-state index in [-0.39, 0.29) is 36.3 Å². The van der Waals surface area contributed by atoms with E-state index in [4.69, 9.17) is 5.11 Å². The van der Waals surface area contributed by atoms with Crippen LogP contribution >= 0.6 is 12.4 Å². The van der Waals surface area contributed by atoms with E-state index >= 15 is 0 Å². The average Bonchev–Trinajstić information content (AvgIpc) is 2.88. The zero-order valence-corrected chi connectivity index (χ0v) is 12.3. The molecule has 1 amide bonds. The Labute approximate surface area is 116 Å². The van der Waals surface area contributed by atoms with Crippen LogP contribution in [0, 0.1) is 11.3 Å². The second-order valence-corrected chi connectivity index (χ2v) is 5.09. The quantitative estimate of drug-likeness (QED) is 0.658. The van der Waals surface area contributed by atoms with Gasteiger partial charge in [0, 0.05) is 19.7 Å². The number of aliphatic hydroxyl groups excluding tert-OH is 1. The predicted molar refractivity (Wildman–Crippen MR) is 76.0 cm³/mol. The highest BCUT2D eigenvalue weighted by molar-refractivity contribution is 5.85. The summed E-state index contributed by atoms with van der Waals surface area (Å²) < 4.78 is 0. The van der Waals surface area contributed by atoms with Crippen LogP contribution in [0.1, 0.15) is 39.5 Å². The molecule has 1 aliphatic heterocycles. The molecule has 1 rings (SSSR count). The van der Waals surface area contributed by atoms with Gasteiger partial charge in [-0.25, -0.2) is 0 Å². The van der Waals surface area contributed by atoms with Gasteiger partial charge in [-0.05, 0) is 37.6 Å². The molecule has 1 fully saturated rings. The number of aliphatic hydroxyl groups is 1. The molecule has 0 bridgehead atoms.